The minimum Gasteiger partial charge on any atom is -0.363 e. The summed E-state index contributed by atoms with van der Waals surface area (Å²) in [5, 5.41) is 0. The van der Waals surface area contributed by atoms with Gasteiger partial charge < -0.3 is 19.1 Å². The Morgan fingerprint density at radius 3 is 2.64 bits per heavy atom. The van der Waals surface area contributed by atoms with Gasteiger partial charge in [-0.2, -0.15) is 4.98 Å². The van der Waals surface area contributed by atoms with E-state index in [0.29, 0.717) is 6.04 Å². The summed E-state index contributed by atoms with van der Waals surface area (Å²) in [7, 11) is 6.03. The molecule has 0 aliphatic carbocycles. The lowest BCUT2D eigenvalue weighted by atomic mass is 10.2. The Bertz CT molecular complexity index is 874. The summed E-state index contributed by atoms with van der Waals surface area (Å²) in [5.74, 6) is 2.60. The van der Waals surface area contributed by atoms with Crippen molar-refractivity contribution in [3.8, 4) is 0 Å². The number of nitrogens with zero attached hydrogens (tertiary/aromatic N) is 8. The first-order chi connectivity index (χ1) is 12.1. The first-order valence-corrected chi connectivity index (χ1v) is 8.39. The first-order valence-electron chi connectivity index (χ1n) is 8.39. The summed E-state index contributed by atoms with van der Waals surface area (Å²) < 4.78 is 2.00. The molecule has 4 rings (SSSR count). The molecular weight excluding hydrogens is 316 g/mol. The smallest absolute Gasteiger partial charge is 0.227 e. The van der Waals surface area contributed by atoms with E-state index in [1.807, 2.05) is 54.2 Å². The number of rotatable bonds is 4. The number of imidazole rings is 1. The first kappa shape index (κ1) is 15.6. The summed E-state index contributed by atoms with van der Waals surface area (Å²) in [4.78, 5) is 24.5. The van der Waals surface area contributed by atoms with Gasteiger partial charge in [0.2, 0.25) is 5.95 Å². The van der Waals surface area contributed by atoms with Crippen molar-refractivity contribution in [2.24, 2.45) is 0 Å². The van der Waals surface area contributed by atoms with Gasteiger partial charge in [0.05, 0.1) is 6.04 Å². The van der Waals surface area contributed by atoms with Crippen LogP contribution in [0.3, 0.4) is 0 Å². The average molecular weight is 338 g/mol. The average Bonchev–Trinajstić information content (AvgIpc) is 3.30. The number of anilines is 3. The molecule has 0 saturated carbocycles. The highest BCUT2D eigenvalue weighted by Gasteiger charge is 2.29. The number of hydrogen-bond acceptors (Lipinski definition) is 7. The molecule has 8 heteroatoms. The van der Waals surface area contributed by atoms with Gasteiger partial charge in [0.25, 0.3) is 0 Å². The van der Waals surface area contributed by atoms with Crippen LogP contribution < -0.4 is 14.7 Å². The lowest BCUT2D eigenvalue weighted by Crippen LogP contribution is -2.36. The lowest BCUT2D eigenvalue weighted by Gasteiger charge is -2.26. The molecule has 4 heterocycles. The van der Waals surface area contributed by atoms with Gasteiger partial charge in [-0.3, -0.25) is 0 Å². The molecule has 1 aliphatic heterocycles. The molecule has 0 aromatic carbocycles. The summed E-state index contributed by atoms with van der Waals surface area (Å²) in [6, 6.07) is 2.26. The fraction of sp³-hybridized carbons (Fsp3) is 0.412. The molecule has 1 unspecified atom stereocenters. The monoisotopic (exact) mass is 338 g/mol. The van der Waals surface area contributed by atoms with Crippen LogP contribution >= 0.6 is 0 Å². The van der Waals surface area contributed by atoms with E-state index in [-0.39, 0.29) is 0 Å². The molecule has 1 atom stereocenters. The molecule has 1 aliphatic rings. The second-order valence-electron chi connectivity index (χ2n) is 6.52. The predicted octanol–water partition coefficient (Wildman–Crippen LogP) is 1.30. The molecule has 0 N–H and O–H groups in total. The molecule has 0 bridgehead atoms. The zero-order valence-corrected chi connectivity index (χ0v) is 14.7. The number of likely N-dealkylation sites (N-methyl/N-ethyl adjacent to an activating group) is 1. The fourth-order valence-corrected chi connectivity index (χ4v) is 3.23. The highest BCUT2D eigenvalue weighted by molar-refractivity contribution is 5.64. The predicted molar refractivity (Wildman–Crippen MR) is 98.4 cm³/mol. The van der Waals surface area contributed by atoms with Crippen molar-refractivity contribution in [3.63, 3.8) is 0 Å². The molecule has 3 aromatic heterocycles. The Balaban J connectivity index is 1.54. The zero-order valence-electron chi connectivity index (χ0n) is 14.7. The van der Waals surface area contributed by atoms with Crippen LogP contribution in [0.1, 0.15) is 6.42 Å². The largest absolute Gasteiger partial charge is 0.363 e. The van der Waals surface area contributed by atoms with E-state index in [0.717, 1.165) is 42.7 Å². The Hall–Kier alpha value is -2.90. The lowest BCUT2D eigenvalue weighted by molar-refractivity contribution is 0.673. The third-order valence-corrected chi connectivity index (χ3v) is 4.71. The highest BCUT2D eigenvalue weighted by Crippen LogP contribution is 2.25. The Morgan fingerprint density at radius 2 is 1.84 bits per heavy atom. The molecule has 0 radical (unpaired) electrons. The van der Waals surface area contributed by atoms with Crippen LogP contribution in [0, 0.1) is 0 Å². The maximum Gasteiger partial charge on any atom is 0.227 e. The summed E-state index contributed by atoms with van der Waals surface area (Å²) in [5.41, 5.74) is 0.900. The Labute approximate surface area is 146 Å². The van der Waals surface area contributed by atoms with Gasteiger partial charge in [0.15, 0.2) is 11.5 Å². The van der Waals surface area contributed by atoms with Crippen molar-refractivity contribution in [1.29, 1.82) is 0 Å². The SMILES string of the molecule is CN(C)c1ccnc(N(C)C2CCN(c3nccn4ccnc34)C2)n1. The summed E-state index contributed by atoms with van der Waals surface area (Å²) in [6.45, 7) is 1.83. The third-order valence-electron chi connectivity index (χ3n) is 4.71. The maximum absolute atomic E-state index is 4.65. The molecule has 3 aromatic rings. The van der Waals surface area contributed by atoms with Crippen LogP contribution in [0.4, 0.5) is 17.6 Å². The van der Waals surface area contributed by atoms with Crippen molar-refractivity contribution in [2.45, 2.75) is 12.5 Å². The van der Waals surface area contributed by atoms with Gasteiger partial charge in [-0.1, -0.05) is 0 Å². The molecule has 25 heavy (non-hydrogen) atoms. The number of aromatic nitrogens is 5. The van der Waals surface area contributed by atoms with Crippen LogP contribution in [0.2, 0.25) is 0 Å². The van der Waals surface area contributed by atoms with Crippen molar-refractivity contribution >= 4 is 23.2 Å². The van der Waals surface area contributed by atoms with Crippen LogP contribution in [0.15, 0.2) is 37.1 Å². The van der Waals surface area contributed by atoms with Gasteiger partial charge in [-0.25, -0.2) is 15.0 Å². The van der Waals surface area contributed by atoms with Gasteiger partial charge in [0, 0.05) is 65.2 Å². The number of hydrogen-bond donors (Lipinski definition) is 0. The van der Waals surface area contributed by atoms with E-state index in [1.54, 1.807) is 6.20 Å². The van der Waals surface area contributed by atoms with E-state index >= 15 is 0 Å². The maximum atomic E-state index is 4.65. The molecule has 0 spiro atoms. The molecule has 1 saturated heterocycles. The van der Waals surface area contributed by atoms with Crippen LogP contribution in [0.25, 0.3) is 5.65 Å². The number of fused-ring (bicyclic) bond motifs is 1. The molecule has 0 amide bonds. The van der Waals surface area contributed by atoms with E-state index in [4.69, 9.17) is 0 Å². The molecular formula is C17H22N8. The van der Waals surface area contributed by atoms with Gasteiger partial charge >= 0.3 is 0 Å². The van der Waals surface area contributed by atoms with Crippen molar-refractivity contribution in [3.05, 3.63) is 37.1 Å². The molecule has 8 nitrogen and oxygen atoms in total. The summed E-state index contributed by atoms with van der Waals surface area (Å²) >= 11 is 0. The highest BCUT2D eigenvalue weighted by atomic mass is 15.3. The normalized spacial score (nSPS) is 17.2. The van der Waals surface area contributed by atoms with Crippen molar-refractivity contribution in [1.82, 2.24) is 24.3 Å². The van der Waals surface area contributed by atoms with Crippen LogP contribution in [-0.4, -0.2) is 64.6 Å². The van der Waals surface area contributed by atoms with Crippen molar-refractivity contribution < 1.29 is 0 Å². The second kappa shape index (κ2) is 6.19. The zero-order chi connectivity index (χ0) is 17.4. The van der Waals surface area contributed by atoms with E-state index in [9.17, 15) is 0 Å². The molecule has 130 valence electrons. The topological polar surface area (TPSA) is 65.7 Å². The molecule has 1 fully saturated rings. The van der Waals surface area contributed by atoms with Crippen LogP contribution in [-0.2, 0) is 0 Å². The third kappa shape index (κ3) is 2.84. The standard InChI is InChI=1S/C17H22N8/c1-22(2)14-4-6-20-17(21-14)23(3)13-5-9-25(12-13)16-15-18-7-10-24(15)11-8-19-16/h4,6-8,10-11,13H,5,9,12H2,1-3H3. The summed E-state index contributed by atoms with van der Waals surface area (Å²) in [6.07, 6.45) is 10.3. The van der Waals surface area contributed by atoms with Crippen LogP contribution in [0.5, 0.6) is 0 Å². The van der Waals surface area contributed by atoms with E-state index in [2.05, 4.69) is 36.8 Å². The van der Waals surface area contributed by atoms with Gasteiger partial charge in [0.1, 0.15) is 5.82 Å². The fourth-order valence-electron chi connectivity index (χ4n) is 3.23. The van der Waals surface area contributed by atoms with Crippen molar-refractivity contribution in [2.75, 3.05) is 48.9 Å². The Morgan fingerprint density at radius 1 is 1.04 bits per heavy atom. The second-order valence-corrected chi connectivity index (χ2v) is 6.52. The van der Waals surface area contributed by atoms with E-state index < -0.39 is 0 Å². The Kier molecular flexibility index (Phi) is 3.87. The minimum absolute atomic E-state index is 0.342. The van der Waals surface area contributed by atoms with Gasteiger partial charge in [-0.05, 0) is 12.5 Å². The van der Waals surface area contributed by atoms with Gasteiger partial charge in [-0.15, -0.1) is 0 Å². The minimum atomic E-state index is 0.342. The van der Waals surface area contributed by atoms with E-state index in [1.165, 1.54) is 0 Å². The quantitative estimate of drug-likeness (QED) is 0.710.